The number of hydrogen-bond donors (Lipinski definition) is 0. The molecule has 150 valence electrons. The molecule has 7 nitrogen and oxygen atoms in total. The number of benzene rings is 1. The molecule has 2 aromatic heterocycles. The highest BCUT2D eigenvalue weighted by Gasteiger charge is 2.26. The van der Waals surface area contributed by atoms with Crippen molar-refractivity contribution >= 4 is 16.7 Å². The number of carbonyl (C=O) groups excluding carboxylic acids is 1. The third-order valence-corrected chi connectivity index (χ3v) is 5.20. The Morgan fingerprint density at radius 3 is 2.76 bits per heavy atom. The molecule has 1 amide bonds. The van der Waals surface area contributed by atoms with E-state index in [1.807, 2.05) is 25.1 Å². The smallest absolute Gasteiger partial charge is 0.275 e. The van der Waals surface area contributed by atoms with Gasteiger partial charge in [-0.25, -0.2) is 4.68 Å². The van der Waals surface area contributed by atoms with Gasteiger partial charge in [-0.15, -0.1) is 0 Å². The van der Waals surface area contributed by atoms with Gasteiger partial charge in [-0.05, 0) is 37.5 Å². The van der Waals surface area contributed by atoms with Gasteiger partial charge in [0.05, 0.1) is 11.5 Å². The minimum Gasteiger partial charge on any atom is -0.376 e. The number of ether oxygens (including phenoxy) is 1. The quantitative estimate of drug-likeness (QED) is 0.644. The summed E-state index contributed by atoms with van der Waals surface area (Å²) in [4.78, 5) is 32.1. The number of aryl methyl sites for hydroxylation is 1. The molecule has 3 heterocycles. The first-order valence-corrected chi connectivity index (χ1v) is 9.97. The molecule has 0 N–H and O–H groups in total. The Morgan fingerprint density at radius 2 is 2.07 bits per heavy atom. The van der Waals surface area contributed by atoms with Gasteiger partial charge in [-0.1, -0.05) is 24.3 Å². The monoisotopic (exact) mass is 392 g/mol. The molecule has 1 unspecified atom stereocenters. The molecule has 1 aliphatic rings. The predicted octanol–water partition coefficient (Wildman–Crippen LogP) is 2.63. The van der Waals surface area contributed by atoms with E-state index in [-0.39, 0.29) is 17.6 Å². The highest BCUT2D eigenvalue weighted by molar-refractivity contribution is 6.04. The maximum Gasteiger partial charge on any atom is 0.275 e. The van der Waals surface area contributed by atoms with Crippen molar-refractivity contribution in [3.63, 3.8) is 0 Å². The summed E-state index contributed by atoms with van der Waals surface area (Å²) in [5, 5.41) is 5.50. The lowest BCUT2D eigenvalue weighted by Gasteiger charge is -2.26. The van der Waals surface area contributed by atoms with Crippen LogP contribution >= 0.6 is 0 Å². The second-order valence-electron chi connectivity index (χ2n) is 7.20. The van der Waals surface area contributed by atoms with Crippen molar-refractivity contribution in [1.29, 1.82) is 0 Å². The van der Waals surface area contributed by atoms with E-state index in [4.69, 9.17) is 4.74 Å². The van der Waals surface area contributed by atoms with E-state index in [0.717, 1.165) is 25.0 Å². The van der Waals surface area contributed by atoms with Crippen molar-refractivity contribution in [2.24, 2.45) is 0 Å². The topological polar surface area (TPSA) is 77.3 Å². The van der Waals surface area contributed by atoms with Crippen molar-refractivity contribution in [1.82, 2.24) is 19.7 Å². The Balaban J connectivity index is 1.75. The summed E-state index contributed by atoms with van der Waals surface area (Å²) in [7, 11) is 0. The first-order valence-electron chi connectivity index (χ1n) is 9.97. The normalized spacial score (nSPS) is 16.2. The molecule has 4 rings (SSSR count). The van der Waals surface area contributed by atoms with Crippen LogP contribution in [0.2, 0.25) is 0 Å². The standard InChI is InChI=1S/C22H24N4O3/c1-2-26-21(27)19-10-4-3-9-18(19)20(24-26)22(28)25(15-17-8-6-12-29-17)14-16-7-5-11-23-13-16/h3-5,7,9-11,13,17H,2,6,8,12,14-15H2,1H3. The summed E-state index contributed by atoms with van der Waals surface area (Å²) in [6.45, 7) is 3.86. The average Bonchev–Trinajstić information content (AvgIpc) is 3.27. The first kappa shape index (κ1) is 19.3. The Bertz CT molecular complexity index is 1060. The van der Waals surface area contributed by atoms with E-state index in [9.17, 15) is 9.59 Å². The van der Waals surface area contributed by atoms with Crippen LogP contribution in [0.3, 0.4) is 0 Å². The van der Waals surface area contributed by atoms with E-state index >= 15 is 0 Å². The van der Waals surface area contributed by atoms with Gasteiger partial charge in [-0.2, -0.15) is 5.10 Å². The van der Waals surface area contributed by atoms with E-state index in [2.05, 4.69) is 10.1 Å². The Labute approximate surface area is 168 Å². The van der Waals surface area contributed by atoms with Gasteiger partial charge in [0.15, 0.2) is 5.69 Å². The van der Waals surface area contributed by atoms with Gasteiger partial charge < -0.3 is 9.64 Å². The van der Waals surface area contributed by atoms with Crippen LogP contribution in [0.1, 0.15) is 35.8 Å². The van der Waals surface area contributed by atoms with Crippen LogP contribution in [0.25, 0.3) is 10.8 Å². The lowest BCUT2D eigenvalue weighted by Crippen LogP contribution is -2.38. The number of amides is 1. The molecular formula is C22H24N4O3. The van der Waals surface area contributed by atoms with Crippen molar-refractivity contribution < 1.29 is 9.53 Å². The highest BCUT2D eigenvalue weighted by atomic mass is 16.5. The van der Waals surface area contributed by atoms with Gasteiger partial charge in [0, 0.05) is 44.0 Å². The molecule has 1 aromatic carbocycles. The summed E-state index contributed by atoms with van der Waals surface area (Å²) in [5.74, 6) is -0.206. The van der Waals surface area contributed by atoms with Crippen LogP contribution in [-0.2, 0) is 17.8 Å². The molecule has 0 saturated carbocycles. The van der Waals surface area contributed by atoms with Crippen LogP contribution in [0.5, 0.6) is 0 Å². The maximum absolute atomic E-state index is 13.6. The number of rotatable bonds is 6. The van der Waals surface area contributed by atoms with Crippen LogP contribution in [-0.4, -0.2) is 44.8 Å². The fraction of sp³-hybridized carbons (Fsp3) is 0.364. The molecule has 1 fully saturated rings. The summed E-state index contributed by atoms with van der Waals surface area (Å²) < 4.78 is 7.12. The van der Waals surface area contributed by atoms with Crippen molar-refractivity contribution in [2.45, 2.75) is 39.0 Å². The lowest BCUT2D eigenvalue weighted by atomic mass is 10.1. The van der Waals surface area contributed by atoms with Gasteiger partial charge in [-0.3, -0.25) is 14.6 Å². The Hall–Kier alpha value is -3.06. The number of pyridine rings is 1. The number of aromatic nitrogens is 3. The Kier molecular flexibility index (Phi) is 5.67. The van der Waals surface area contributed by atoms with E-state index in [1.54, 1.807) is 35.5 Å². The zero-order valence-electron chi connectivity index (χ0n) is 16.5. The maximum atomic E-state index is 13.6. The van der Waals surface area contributed by atoms with Crippen LogP contribution in [0, 0.1) is 0 Å². The fourth-order valence-corrected chi connectivity index (χ4v) is 3.72. The van der Waals surface area contributed by atoms with Gasteiger partial charge in [0.25, 0.3) is 11.5 Å². The number of fused-ring (bicyclic) bond motifs is 1. The number of hydrogen-bond acceptors (Lipinski definition) is 5. The predicted molar refractivity (Wildman–Crippen MR) is 110 cm³/mol. The minimum atomic E-state index is -0.206. The molecule has 1 aliphatic heterocycles. The third kappa shape index (κ3) is 4.05. The van der Waals surface area contributed by atoms with E-state index in [1.165, 1.54) is 4.68 Å². The first-order chi connectivity index (χ1) is 14.2. The molecule has 1 atom stereocenters. The largest absolute Gasteiger partial charge is 0.376 e. The third-order valence-electron chi connectivity index (χ3n) is 5.20. The molecule has 7 heteroatoms. The minimum absolute atomic E-state index is 0.0129. The molecule has 1 saturated heterocycles. The zero-order chi connectivity index (χ0) is 20.2. The summed E-state index contributed by atoms with van der Waals surface area (Å²) in [5.41, 5.74) is 1.05. The van der Waals surface area contributed by atoms with E-state index < -0.39 is 0 Å². The van der Waals surface area contributed by atoms with Crippen molar-refractivity contribution in [3.05, 3.63) is 70.4 Å². The summed E-state index contributed by atoms with van der Waals surface area (Å²) in [6, 6.07) is 11.0. The van der Waals surface area contributed by atoms with Gasteiger partial charge in [0.2, 0.25) is 0 Å². The molecule has 0 aliphatic carbocycles. The zero-order valence-corrected chi connectivity index (χ0v) is 16.5. The molecule has 29 heavy (non-hydrogen) atoms. The lowest BCUT2D eigenvalue weighted by molar-refractivity contribution is 0.0502. The SMILES string of the molecule is CCn1nc(C(=O)N(Cc2cccnc2)CC2CCCO2)c2ccccc2c1=O. The van der Waals surface area contributed by atoms with E-state index in [0.29, 0.717) is 36.1 Å². The molecule has 0 radical (unpaired) electrons. The summed E-state index contributed by atoms with van der Waals surface area (Å²) in [6.07, 6.45) is 5.41. The fourth-order valence-electron chi connectivity index (χ4n) is 3.72. The summed E-state index contributed by atoms with van der Waals surface area (Å²) >= 11 is 0. The Morgan fingerprint density at radius 1 is 1.24 bits per heavy atom. The second kappa shape index (κ2) is 8.53. The molecule has 0 spiro atoms. The molecule has 3 aromatic rings. The van der Waals surface area contributed by atoms with Crippen molar-refractivity contribution in [2.75, 3.05) is 13.2 Å². The van der Waals surface area contributed by atoms with Crippen molar-refractivity contribution in [3.8, 4) is 0 Å². The number of carbonyl (C=O) groups is 1. The molecular weight excluding hydrogens is 368 g/mol. The average molecular weight is 392 g/mol. The van der Waals surface area contributed by atoms with Gasteiger partial charge >= 0.3 is 0 Å². The van der Waals surface area contributed by atoms with Crippen LogP contribution < -0.4 is 5.56 Å². The van der Waals surface area contributed by atoms with Crippen LogP contribution in [0.15, 0.2) is 53.6 Å². The van der Waals surface area contributed by atoms with Gasteiger partial charge in [0.1, 0.15) is 0 Å². The van der Waals surface area contributed by atoms with Crippen LogP contribution in [0.4, 0.5) is 0 Å². The number of nitrogens with zero attached hydrogens (tertiary/aromatic N) is 4. The molecule has 0 bridgehead atoms. The highest BCUT2D eigenvalue weighted by Crippen LogP contribution is 2.20. The second-order valence-corrected chi connectivity index (χ2v) is 7.20.